The lowest BCUT2D eigenvalue weighted by atomic mass is 10.0. The second kappa shape index (κ2) is 6.70. The maximum absolute atomic E-state index is 12.6. The largest absolute Gasteiger partial charge is 0.379 e. The Hall–Kier alpha value is -2.87. The van der Waals surface area contributed by atoms with E-state index in [2.05, 4.69) is 5.32 Å². The molecule has 140 valence electrons. The number of nitrogens with one attached hydrogen (secondary N) is 1. The van der Waals surface area contributed by atoms with Gasteiger partial charge in [0.05, 0.1) is 0 Å². The summed E-state index contributed by atoms with van der Waals surface area (Å²) in [6.45, 7) is 0.670. The van der Waals surface area contributed by atoms with Crippen LogP contribution in [-0.2, 0) is 26.1 Å². The van der Waals surface area contributed by atoms with E-state index in [0.717, 1.165) is 17.7 Å². The molecule has 1 saturated heterocycles. The highest BCUT2D eigenvalue weighted by Crippen LogP contribution is 2.28. The summed E-state index contributed by atoms with van der Waals surface area (Å²) < 4.78 is 30.4. The molecule has 2 aromatic carbocycles. The van der Waals surface area contributed by atoms with Crippen molar-refractivity contribution in [1.82, 2.24) is 0 Å². The predicted octanol–water partition coefficient (Wildman–Crippen LogP) is 2.47. The Labute approximate surface area is 157 Å². The standard InChI is InChI=1S/C19H18N2O5S/c22-18-10-3-13-12-16(8-9-17(13)20-18)27(24,25)26-15-6-4-14(5-7-15)21-11-1-2-19(21)23/h4-9,12H,1-3,10-11H2,(H,20,22). The van der Waals surface area contributed by atoms with E-state index in [0.29, 0.717) is 31.5 Å². The van der Waals surface area contributed by atoms with Crippen LogP contribution in [0.2, 0.25) is 0 Å². The summed E-state index contributed by atoms with van der Waals surface area (Å²) in [6, 6.07) is 10.9. The number of carbonyl (C=O) groups excluding carboxylic acids is 2. The monoisotopic (exact) mass is 386 g/mol. The molecule has 4 rings (SSSR count). The second-order valence-electron chi connectivity index (χ2n) is 6.55. The minimum absolute atomic E-state index is 0.0381. The van der Waals surface area contributed by atoms with E-state index in [4.69, 9.17) is 4.18 Å². The van der Waals surface area contributed by atoms with Crippen LogP contribution in [0.3, 0.4) is 0 Å². The van der Waals surface area contributed by atoms with Gasteiger partial charge in [-0.15, -0.1) is 0 Å². The number of benzene rings is 2. The molecule has 0 atom stereocenters. The smallest absolute Gasteiger partial charge is 0.339 e. The molecule has 27 heavy (non-hydrogen) atoms. The average Bonchev–Trinajstić information content (AvgIpc) is 3.07. The van der Waals surface area contributed by atoms with Crippen molar-refractivity contribution in [2.75, 3.05) is 16.8 Å². The van der Waals surface area contributed by atoms with Crippen molar-refractivity contribution in [2.45, 2.75) is 30.6 Å². The Bertz CT molecular complexity index is 1010. The summed E-state index contributed by atoms with van der Waals surface area (Å²) in [7, 11) is -4.00. The van der Waals surface area contributed by atoms with Gasteiger partial charge in [-0.25, -0.2) is 0 Å². The van der Waals surface area contributed by atoms with Crippen LogP contribution in [0.1, 0.15) is 24.8 Å². The van der Waals surface area contributed by atoms with Crippen LogP contribution in [0, 0.1) is 0 Å². The third-order valence-electron chi connectivity index (χ3n) is 4.69. The highest BCUT2D eigenvalue weighted by molar-refractivity contribution is 7.87. The summed E-state index contributed by atoms with van der Waals surface area (Å²) in [6.07, 6.45) is 2.17. The lowest BCUT2D eigenvalue weighted by molar-refractivity contribution is -0.117. The van der Waals surface area contributed by atoms with Gasteiger partial charge in [-0.1, -0.05) is 0 Å². The van der Waals surface area contributed by atoms with E-state index >= 15 is 0 Å². The minimum atomic E-state index is -4.00. The van der Waals surface area contributed by atoms with E-state index in [1.165, 1.54) is 24.3 Å². The van der Waals surface area contributed by atoms with Crippen LogP contribution in [-0.4, -0.2) is 26.8 Å². The zero-order valence-electron chi connectivity index (χ0n) is 14.5. The van der Waals surface area contributed by atoms with Gasteiger partial charge in [0.2, 0.25) is 11.8 Å². The van der Waals surface area contributed by atoms with Crippen LogP contribution < -0.4 is 14.4 Å². The lowest BCUT2D eigenvalue weighted by Gasteiger charge is -2.18. The molecular formula is C19H18N2O5S. The molecule has 7 nitrogen and oxygen atoms in total. The molecule has 0 radical (unpaired) electrons. The zero-order valence-corrected chi connectivity index (χ0v) is 15.3. The van der Waals surface area contributed by atoms with E-state index in [1.807, 2.05) is 0 Å². The Morgan fingerprint density at radius 1 is 0.963 bits per heavy atom. The topological polar surface area (TPSA) is 92.8 Å². The van der Waals surface area contributed by atoms with E-state index in [9.17, 15) is 18.0 Å². The Morgan fingerprint density at radius 2 is 1.74 bits per heavy atom. The first kappa shape index (κ1) is 17.5. The summed E-state index contributed by atoms with van der Waals surface area (Å²) in [5, 5.41) is 2.72. The number of carbonyl (C=O) groups is 2. The van der Waals surface area contributed by atoms with Crippen LogP contribution >= 0.6 is 0 Å². The maximum atomic E-state index is 12.6. The molecule has 8 heteroatoms. The molecule has 0 aromatic heterocycles. The molecule has 0 spiro atoms. The fourth-order valence-electron chi connectivity index (χ4n) is 3.29. The van der Waals surface area contributed by atoms with Gasteiger partial charge in [0.1, 0.15) is 10.6 Å². The quantitative estimate of drug-likeness (QED) is 0.815. The molecule has 2 aromatic rings. The number of aryl methyl sites for hydroxylation is 1. The van der Waals surface area contributed by atoms with Crippen LogP contribution in [0.25, 0.3) is 0 Å². The Kier molecular flexibility index (Phi) is 4.35. The van der Waals surface area contributed by atoms with Crippen molar-refractivity contribution in [1.29, 1.82) is 0 Å². The molecule has 0 aliphatic carbocycles. The number of amides is 2. The first-order chi connectivity index (χ1) is 12.9. The number of anilines is 2. The van der Waals surface area contributed by atoms with Gasteiger partial charge in [-0.3, -0.25) is 9.59 Å². The molecule has 2 aliphatic rings. The summed E-state index contributed by atoms with van der Waals surface area (Å²) in [4.78, 5) is 24.9. The Balaban J connectivity index is 1.53. The fraction of sp³-hybridized carbons (Fsp3) is 0.263. The number of fused-ring (bicyclic) bond motifs is 1. The highest BCUT2D eigenvalue weighted by atomic mass is 32.2. The van der Waals surface area contributed by atoms with Gasteiger partial charge in [0.15, 0.2) is 0 Å². The summed E-state index contributed by atoms with van der Waals surface area (Å²) in [5.41, 5.74) is 2.12. The molecule has 2 heterocycles. The number of nitrogens with zero attached hydrogens (tertiary/aromatic N) is 1. The van der Waals surface area contributed by atoms with Gasteiger partial charge in [0, 0.05) is 30.8 Å². The molecule has 0 bridgehead atoms. The maximum Gasteiger partial charge on any atom is 0.339 e. The second-order valence-corrected chi connectivity index (χ2v) is 8.09. The first-order valence-electron chi connectivity index (χ1n) is 8.70. The van der Waals surface area contributed by atoms with E-state index in [1.54, 1.807) is 23.1 Å². The average molecular weight is 386 g/mol. The number of hydrogen-bond donors (Lipinski definition) is 1. The fourth-order valence-corrected chi connectivity index (χ4v) is 4.27. The molecule has 1 fully saturated rings. The summed E-state index contributed by atoms with van der Waals surface area (Å²) in [5.74, 6) is 0.166. The minimum Gasteiger partial charge on any atom is -0.379 e. The summed E-state index contributed by atoms with van der Waals surface area (Å²) >= 11 is 0. The molecule has 2 amide bonds. The van der Waals surface area contributed by atoms with Crippen LogP contribution in [0.5, 0.6) is 5.75 Å². The van der Waals surface area contributed by atoms with Crippen molar-refractivity contribution in [3.05, 3.63) is 48.0 Å². The van der Waals surface area contributed by atoms with Crippen LogP contribution in [0.4, 0.5) is 11.4 Å². The van der Waals surface area contributed by atoms with Crippen LogP contribution in [0.15, 0.2) is 47.4 Å². The number of rotatable bonds is 4. The van der Waals surface area contributed by atoms with E-state index < -0.39 is 10.1 Å². The molecule has 0 saturated carbocycles. The van der Waals surface area contributed by atoms with Gasteiger partial charge in [0.25, 0.3) is 0 Å². The van der Waals surface area contributed by atoms with E-state index in [-0.39, 0.29) is 22.5 Å². The van der Waals surface area contributed by atoms with Crippen molar-refractivity contribution in [2.24, 2.45) is 0 Å². The highest BCUT2D eigenvalue weighted by Gasteiger charge is 2.23. The SMILES string of the molecule is O=C1CCc2cc(S(=O)(=O)Oc3ccc(N4CCCC4=O)cc3)ccc2N1. The van der Waals surface area contributed by atoms with Crippen molar-refractivity contribution in [3.8, 4) is 5.75 Å². The zero-order chi connectivity index (χ0) is 19.0. The third-order valence-corrected chi connectivity index (χ3v) is 5.93. The predicted molar refractivity (Wildman–Crippen MR) is 99.2 cm³/mol. The van der Waals surface area contributed by atoms with Crippen molar-refractivity contribution in [3.63, 3.8) is 0 Å². The van der Waals surface area contributed by atoms with Gasteiger partial charge in [-0.05, 0) is 60.9 Å². The van der Waals surface area contributed by atoms with Gasteiger partial charge < -0.3 is 14.4 Å². The first-order valence-corrected chi connectivity index (χ1v) is 10.1. The van der Waals surface area contributed by atoms with Crippen molar-refractivity contribution < 1.29 is 22.2 Å². The van der Waals surface area contributed by atoms with Gasteiger partial charge in [-0.2, -0.15) is 8.42 Å². The molecule has 0 unspecified atom stereocenters. The van der Waals surface area contributed by atoms with Crippen molar-refractivity contribution >= 4 is 33.3 Å². The van der Waals surface area contributed by atoms with Gasteiger partial charge >= 0.3 is 10.1 Å². The normalized spacial score (nSPS) is 16.8. The Morgan fingerprint density at radius 3 is 2.44 bits per heavy atom. The number of hydrogen-bond acceptors (Lipinski definition) is 5. The molecule has 1 N–H and O–H groups in total. The lowest BCUT2D eigenvalue weighted by Crippen LogP contribution is -2.23. The third kappa shape index (κ3) is 3.52. The molecule has 2 aliphatic heterocycles. The molecular weight excluding hydrogens is 368 g/mol.